The number of hydrogen-bond acceptors (Lipinski definition) is 8. The lowest BCUT2D eigenvalue weighted by Gasteiger charge is -2.41. The van der Waals surface area contributed by atoms with Crippen LogP contribution in [0.1, 0.15) is 75.4 Å². The summed E-state index contributed by atoms with van der Waals surface area (Å²) >= 11 is 0. The van der Waals surface area contributed by atoms with Crippen molar-refractivity contribution in [2.75, 3.05) is 0 Å². The summed E-state index contributed by atoms with van der Waals surface area (Å²) in [5, 5.41) is 43.0. The van der Waals surface area contributed by atoms with E-state index in [1.807, 2.05) is 0 Å². The number of carbonyl (C=O) groups is 3. The molecule has 2 aliphatic carbocycles. The Morgan fingerprint density at radius 2 is 1.52 bits per heavy atom. The third-order valence-electron chi connectivity index (χ3n) is 5.45. The molecular formula is C21H18O8. The first kappa shape index (κ1) is 19.1. The van der Waals surface area contributed by atoms with Crippen LogP contribution in [0.3, 0.4) is 0 Å². The van der Waals surface area contributed by atoms with E-state index in [2.05, 4.69) is 0 Å². The molecule has 0 saturated heterocycles. The monoisotopic (exact) mass is 398 g/mol. The Morgan fingerprint density at radius 1 is 1.03 bits per heavy atom. The Morgan fingerprint density at radius 3 is 2.00 bits per heavy atom. The lowest BCUT2D eigenvalue weighted by Crippen LogP contribution is -2.42. The van der Waals surface area contributed by atoms with Gasteiger partial charge in [-0.3, -0.25) is 14.4 Å². The van der Waals surface area contributed by atoms with Crippen molar-refractivity contribution in [3.05, 3.63) is 57.6 Å². The zero-order valence-corrected chi connectivity index (χ0v) is 15.6. The van der Waals surface area contributed by atoms with Crippen molar-refractivity contribution in [2.24, 2.45) is 0 Å². The van der Waals surface area contributed by atoms with Gasteiger partial charge in [0.1, 0.15) is 17.1 Å². The van der Waals surface area contributed by atoms with Gasteiger partial charge in [-0.25, -0.2) is 0 Å². The van der Waals surface area contributed by atoms with E-state index < -0.39 is 58.0 Å². The van der Waals surface area contributed by atoms with Gasteiger partial charge in [0.25, 0.3) is 0 Å². The topological polar surface area (TPSA) is 141 Å². The molecular weight excluding hydrogens is 380 g/mol. The average molecular weight is 398 g/mol. The summed E-state index contributed by atoms with van der Waals surface area (Å²) in [6.45, 7) is 2.39. The van der Waals surface area contributed by atoms with Gasteiger partial charge in [-0.1, -0.05) is 24.3 Å². The molecule has 29 heavy (non-hydrogen) atoms. The summed E-state index contributed by atoms with van der Waals surface area (Å²) in [5.41, 5.74) is -3.10. The quantitative estimate of drug-likeness (QED) is 0.358. The number of aliphatic hydroxyl groups excluding tert-OH is 1. The maximum absolute atomic E-state index is 13.0. The average Bonchev–Trinajstić information content (AvgIpc) is 2.64. The number of ketones is 2. The van der Waals surface area contributed by atoms with Crippen molar-refractivity contribution >= 4 is 17.5 Å². The Bertz CT molecular complexity index is 1100. The molecule has 2 aromatic carbocycles. The Kier molecular flexibility index (Phi) is 4.04. The van der Waals surface area contributed by atoms with Gasteiger partial charge in [0, 0.05) is 35.6 Å². The maximum Gasteiger partial charge on any atom is 0.303 e. The molecule has 0 spiro atoms. The number of fused-ring (bicyclic) bond motifs is 3. The van der Waals surface area contributed by atoms with E-state index in [4.69, 9.17) is 4.74 Å². The first-order chi connectivity index (χ1) is 13.6. The van der Waals surface area contributed by atoms with Crippen LogP contribution in [-0.2, 0) is 9.53 Å². The van der Waals surface area contributed by atoms with Crippen molar-refractivity contribution in [2.45, 2.75) is 38.1 Å². The summed E-state index contributed by atoms with van der Waals surface area (Å²) in [7, 11) is 0. The fraction of sp³-hybridized carbons (Fsp3) is 0.286. The number of benzene rings is 2. The van der Waals surface area contributed by atoms with Gasteiger partial charge in [-0.15, -0.1) is 0 Å². The molecule has 0 aliphatic heterocycles. The van der Waals surface area contributed by atoms with Crippen LogP contribution in [0.4, 0.5) is 0 Å². The van der Waals surface area contributed by atoms with E-state index in [1.54, 1.807) is 12.1 Å². The van der Waals surface area contributed by atoms with E-state index in [1.165, 1.54) is 19.1 Å². The van der Waals surface area contributed by atoms with Gasteiger partial charge in [-0.05, 0) is 6.92 Å². The van der Waals surface area contributed by atoms with Gasteiger partial charge in [0.2, 0.25) is 0 Å². The highest BCUT2D eigenvalue weighted by atomic mass is 16.6. The van der Waals surface area contributed by atoms with Crippen LogP contribution in [0, 0.1) is 0 Å². The molecule has 0 aromatic heterocycles. The smallest absolute Gasteiger partial charge is 0.303 e. The van der Waals surface area contributed by atoms with Crippen molar-refractivity contribution in [1.29, 1.82) is 0 Å². The molecule has 3 atom stereocenters. The fourth-order valence-corrected chi connectivity index (χ4v) is 4.22. The predicted molar refractivity (Wildman–Crippen MR) is 97.8 cm³/mol. The SMILES string of the molecule is CC(=O)O[C@@H]1c2c(O)c3c(c(O)c2[C@@H](O)C[C@@]1(C)O)C(=O)c1ccccc1C3=O. The minimum atomic E-state index is -1.80. The first-order valence-corrected chi connectivity index (χ1v) is 8.94. The van der Waals surface area contributed by atoms with Crippen LogP contribution in [0.2, 0.25) is 0 Å². The number of phenolic OH excluding ortho intramolecular Hbond substituents is 2. The Balaban J connectivity index is 2.08. The van der Waals surface area contributed by atoms with Crippen LogP contribution >= 0.6 is 0 Å². The molecule has 8 heteroatoms. The number of rotatable bonds is 1. The van der Waals surface area contributed by atoms with Gasteiger partial charge >= 0.3 is 5.97 Å². The summed E-state index contributed by atoms with van der Waals surface area (Å²) in [6.07, 6.45) is -3.26. The largest absolute Gasteiger partial charge is 0.507 e. The second kappa shape index (κ2) is 6.13. The van der Waals surface area contributed by atoms with Crippen molar-refractivity contribution in [3.63, 3.8) is 0 Å². The molecule has 0 unspecified atom stereocenters. The molecule has 0 fully saturated rings. The van der Waals surface area contributed by atoms with Gasteiger partial charge in [-0.2, -0.15) is 0 Å². The molecule has 4 rings (SSSR count). The molecule has 0 heterocycles. The third-order valence-corrected chi connectivity index (χ3v) is 5.45. The second-order valence-corrected chi connectivity index (χ2v) is 7.54. The summed E-state index contributed by atoms with van der Waals surface area (Å²) < 4.78 is 5.17. The highest BCUT2D eigenvalue weighted by Crippen LogP contribution is 2.54. The Labute approximate surface area is 165 Å². The molecule has 0 amide bonds. The molecule has 0 saturated carbocycles. The molecule has 150 valence electrons. The Hall–Kier alpha value is -3.23. The molecule has 4 N–H and O–H groups in total. The maximum atomic E-state index is 13.0. The van der Waals surface area contributed by atoms with Crippen LogP contribution in [0.25, 0.3) is 0 Å². The summed E-state index contributed by atoms with van der Waals surface area (Å²) in [4.78, 5) is 37.6. The first-order valence-electron chi connectivity index (χ1n) is 8.94. The fourth-order valence-electron chi connectivity index (χ4n) is 4.22. The van der Waals surface area contributed by atoms with Crippen molar-refractivity contribution in [3.8, 4) is 11.5 Å². The van der Waals surface area contributed by atoms with Gasteiger partial charge < -0.3 is 25.2 Å². The second-order valence-electron chi connectivity index (χ2n) is 7.54. The molecule has 0 radical (unpaired) electrons. The lowest BCUT2D eigenvalue weighted by molar-refractivity contribution is -0.169. The van der Waals surface area contributed by atoms with Crippen LogP contribution in [0.15, 0.2) is 24.3 Å². The third kappa shape index (κ3) is 2.56. The molecule has 0 bridgehead atoms. The zero-order chi connectivity index (χ0) is 21.2. The van der Waals surface area contributed by atoms with E-state index in [0.717, 1.165) is 6.92 Å². The highest BCUT2D eigenvalue weighted by molar-refractivity contribution is 6.30. The number of phenols is 2. The van der Waals surface area contributed by atoms with Crippen molar-refractivity contribution < 1.29 is 39.5 Å². The van der Waals surface area contributed by atoms with E-state index >= 15 is 0 Å². The minimum Gasteiger partial charge on any atom is -0.507 e. The summed E-state index contributed by atoms with van der Waals surface area (Å²) in [5.74, 6) is -3.56. The number of carbonyl (C=O) groups excluding carboxylic acids is 3. The zero-order valence-electron chi connectivity index (χ0n) is 15.6. The number of esters is 1. The lowest BCUT2D eigenvalue weighted by atomic mass is 9.72. The van der Waals surface area contributed by atoms with E-state index in [0.29, 0.717) is 0 Å². The van der Waals surface area contributed by atoms with Crippen LogP contribution in [-0.4, -0.2) is 43.6 Å². The number of ether oxygens (including phenoxy) is 1. The standard InChI is InChI=1S/C21H18O8/c1-8(22)29-20-15-12(11(23)7-21(20,2)28)18(26)13-14(19(15)27)17(25)10-6-4-3-5-9(10)16(13)24/h3-6,11,20,23,26-28H,7H2,1-2H3/t11-,20+,21+/m0/s1. The highest BCUT2D eigenvalue weighted by Gasteiger charge is 2.50. The summed E-state index contributed by atoms with van der Waals surface area (Å²) in [6, 6.07) is 5.97. The predicted octanol–water partition coefficient (Wildman–Crippen LogP) is 1.67. The van der Waals surface area contributed by atoms with Gasteiger partial charge in [0.15, 0.2) is 17.7 Å². The number of hydrogen-bond donors (Lipinski definition) is 4. The molecule has 8 nitrogen and oxygen atoms in total. The minimum absolute atomic E-state index is 0.0480. The van der Waals surface area contributed by atoms with Gasteiger partial charge in [0.05, 0.1) is 17.2 Å². The normalized spacial score (nSPS) is 25.1. The molecule has 2 aromatic rings. The van der Waals surface area contributed by atoms with Crippen LogP contribution in [0.5, 0.6) is 11.5 Å². The van der Waals surface area contributed by atoms with Crippen molar-refractivity contribution in [1.82, 2.24) is 0 Å². The number of aliphatic hydroxyl groups is 2. The number of aromatic hydroxyl groups is 2. The van der Waals surface area contributed by atoms with E-state index in [-0.39, 0.29) is 28.7 Å². The molecule has 2 aliphatic rings. The van der Waals surface area contributed by atoms with E-state index in [9.17, 15) is 34.8 Å². The van der Waals surface area contributed by atoms with Crippen LogP contribution < -0.4 is 0 Å².